The van der Waals surface area contributed by atoms with Crippen LogP contribution < -0.4 is 0 Å². The summed E-state index contributed by atoms with van der Waals surface area (Å²) in [6.07, 6.45) is 1.16. The minimum Gasteiger partial charge on any atom is -0.508 e. The van der Waals surface area contributed by atoms with Crippen LogP contribution in [0, 0.1) is 11.8 Å². The number of phenols is 2. The van der Waals surface area contributed by atoms with Gasteiger partial charge in [0.2, 0.25) is 0 Å². The second kappa shape index (κ2) is 7.82. The zero-order valence-electron chi connectivity index (χ0n) is 12.4. The number of aromatic hydroxyl groups is 2. The van der Waals surface area contributed by atoms with Crippen LogP contribution in [0.5, 0.6) is 11.5 Å². The van der Waals surface area contributed by atoms with Crippen molar-refractivity contribution < 1.29 is 20.4 Å². The fourth-order valence-electron chi connectivity index (χ4n) is 2.73. The first-order chi connectivity index (χ1) is 10.6. The monoisotopic (exact) mass is 305 g/mol. The molecule has 118 valence electrons. The van der Waals surface area contributed by atoms with Crippen LogP contribution in [0.15, 0.2) is 48.5 Å². The van der Waals surface area contributed by atoms with Crippen LogP contribution in [0.25, 0.3) is 0 Å². The highest BCUT2D eigenvalue weighted by molar-refractivity contribution is 5.29. The Bertz CT molecular complexity index is 544. The first-order valence-electron chi connectivity index (χ1n) is 7.40. The van der Waals surface area contributed by atoms with Gasteiger partial charge in [-0.15, -0.1) is 0 Å². The molecule has 0 aliphatic heterocycles. The molecule has 4 nitrogen and oxygen atoms in total. The van der Waals surface area contributed by atoms with E-state index in [9.17, 15) is 20.4 Å². The van der Waals surface area contributed by atoms with E-state index >= 15 is 0 Å². The Balaban J connectivity index is 2.09. The number of aliphatic hydroxyl groups excluding tert-OH is 2. The number of rotatable bonds is 7. The quantitative estimate of drug-likeness (QED) is 0.591. The summed E-state index contributed by atoms with van der Waals surface area (Å²) in [5.41, 5.74) is 1.85. The Labute approximate surface area is 130 Å². The number of hydrogen-bond acceptors (Lipinski definition) is 4. The van der Waals surface area contributed by atoms with Crippen molar-refractivity contribution in [3.05, 3.63) is 59.7 Å². The van der Waals surface area contributed by atoms with Crippen molar-refractivity contribution in [1.82, 2.24) is 0 Å². The van der Waals surface area contributed by atoms with Crippen molar-refractivity contribution in [3.8, 4) is 11.5 Å². The minimum absolute atomic E-state index is 0.0420. The topological polar surface area (TPSA) is 80.9 Å². The molecule has 4 heteroatoms. The highest BCUT2D eigenvalue weighted by atomic mass is 16.3. The van der Waals surface area contributed by atoms with Gasteiger partial charge in [0.25, 0.3) is 0 Å². The molecule has 0 bridgehead atoms. The van der Waals surface area contributed by atoms with Crippen molar-refractivity contribution in [2.45, 2.75) is 12.8 Å². The Morgan fingerprint density at radius 1 is 0.682 bits per heavy atom. The number of hydrogen-bond donors (Lipinski definition) is 4. The van der Waals surface area contributed by atoms with Crippen molar-refractivity contribution in [2.24, 2.45) is 11.8 Å². The van der Waals surface area contributed by atoms with Gasteiger partial charge in [-0.2, -0.15) is 0 Å². The Hall–Kier alpha value is -2.04. The minimum atomic E-state index is -0.117. The fourth-order valence-corrected chi connectivity index (χ4v) is 2.73. The van der Waals surface area contributed by atoms with E-state index in [1.807, 2.05) is 12.1 Å². The van der Waals surface area contributed by atoms with Gasteiger partial charge in [-0.05, 0) is 60.1 Å². The van der Waals surface area contributed by atoms with Gasteiger partial charge in [-0.1, -0.05) is 24.3 Å². The van der Waals surface area contributed by atoms with E-state index in [4.69, 9.17) is 0 Å². The molecule has 0 aliphatic carbocycles. The van der Waals surface area contributed by atoms with Gasteiger partial charge >= 0.3 is 0 Å². The molecule has 0 saturated heterocycles. The van der Waals surface area contributed by atoms with Crippen LogP contribution in [0.1, 0.15) is 11.1 Å². The van der Waals surface area contributed by atoms with E-state index in [0.29, 0.717) is 12.8 Å². The summed E-state index contributed by atoms with van der Waals surface area (Å²) < 4.78 is 0. The van der Waals surface area contributed by atoms with E-state index in [1.165, 1.54) is 0 Å². The summed E-state index contributed by atoms with van der Waals surface area (Å²) >= 11 is 0. The van der Waals surface area contributed by atoms with Crippen molar-refractivity contribution in [2.75, 3.05) is 13.2 Å². The lowest BCUT2D eigenvalue weighted by atomic mass is 10.0. The van der Waals surface area contributed by atoms with E-state index in [-0.39, 0.29) is 36.5 Å². The standard InChI is InChI=1S/C18H22O4/c19-11-15(7-13-3-1-5-17(21)9-13)16(12-20)8-14-4-2-6-18(22)10-14/h1-6,9-10,15-16,19-22H,7-8,11-12H2/i11+1,12+1,15+1. The van der Waals surface area contributed by atoms with Crippen molar-refractivity contribution in [1.29, 1.82) is 0 Å². The maximum Gasteiger partial charge on any atom is 0.115 e. The van der Waals surface area contributed by atoms with Gasteiger partial charge < -0.3 is 20.4 Å². The average Bonchev–Trinajstić information content (AvgIpc) is 2.51. The third-order valence-electron chi connectivity index (χ3n) is 3.95. The molecule has 0 aliphatic rings. The summed E-state index contributed by atoms with van der Waals surface area (Å²) in [4.78, 5) is 0. The molecule has 22 heavy (non-hydrogen) atoms. The molecule has 0 spiro atoms. The van der Waals surface area contributed by atoms with Gasteiger partial charge in [-0.25, -0.2) is 0 Å². The third-order valence-corrected chi connectivity index (χ3v) is 3.95. The van der Waals surface area contributed by atoms with Crippen molar-refractivity contribution in [3.63, 3.8) is 0 Å². The highest BCUT2D eigenvalue weighted by Crippen LogP contribution is 2.24. The molecule has 2 rings (SSSR count). The van der Waals surface area contributed by atoms with Gasteiger partial charge in [-0.3, -0.25) is 0 Å². The van der Waals surface area contributed by atoms with Gasteiger partial charge in [0.05, 0.1) is 0 Å². The van der Waals surface area contributed by atoms with Crippen LogP contribution in [0.3, 0.4) is 0 Å². The summed E-state index contributed by atoms with van der Waals surface area (Å²) in [5.74, 6) is 0.161. The Kier molecular flexibility index (Phi) is 5.81. The van der Waals surface area contributed by atoms with Crippen molar-refractivity contribution >= 4 is 0 Å². The third kappa shape index (κ3) is 4.48. The second-order valence-corrected chi connectivity index (χ2v) is 5.63. The molecule has 0 heterocycles. The Morgan fingerprint density at radius 2 is 1.09 bits per heavy atom. The molecule has 0 amide bonds. The summed E-state index contributed by atoms with van der Waals surface area (Å²) in [6.45, 7) is -0.0839. The molecular weight excluding hydrogens is 283 g/mol. The lowest BCUT2D eigenvalue weighted by Gasteiger charge is -2.24. The number of phenolic OH excluding ortho intramolecular Hbond substituents is 2. The molecule has 0 radical (unpaired) electrons. The Morgan fingerprint density at radius 3 is 1.41 bits per heavy atom. The van der Waals surface area contributed by atoms with E-state index in [0.717, 1.165) is 11.1 Å². The van der Waals surface area contributed by atoms with Crippen LogP contribution in [0.2, 0.25) is 0 Å². The number of aliphatic hydroxyl groups is 2. The fraction of sp³-hybridized carbons (Fsp3) is 0.333. The first kappa shape index (κ1) is 16.3. The zero-order valence-corrected chi connectivity index (χ0v) is 12.4. The van der Waals surface area contributed by atoms with E-state index < -0.39 is 0 Å². The molecule has 4 N–H and O–H groups in total. The SMILES string of the molecule is O[13CH2]C(Cc1cccc(O)c1)[13CH](Cc1cccc(O)c1)[13CH2]O. The average molecular weight is 305 g/mol. The molecular formula is C18H22O4. The van der Waals surface area contributed by atoms with Crippen LogP contribution in [-0.2, 0) is 12.8 Å². The lowest BCUT2D eigenvalue weighted by molar-refractivity contribution is 0.119. The predicted molar refractivity (Wildman–Crippen MR) is 84.8 cm³/mol. The van der Waals surface area contributed by atoms with Gasteiger partial charge in [0.15, 0.2) is 0 Å². The van der Waals surface area contributed by atoms with E-state index in [1.54, 1.807) is 36.4 Å². The smallest absolute Gasteiger partial charge is 0.115 e. The van der Waals surface area contributed by atoms with Gasteiger partial charge in [0, 0.05) is 13.2 Å². The van der Waals surface area contributed by atoms with Crippen LogP contribution in [0.4, 0.5) is 0 Å². The van der Waals surface area contributed by atoms with Gasteiger partial charge in [0.1, 0.15) is 11.5 Å². The summed E-state index contributed by atoms with van der Waals surface area (Å²) in [7, 11) is 0. The second-order valence-electron chi connectivity index (χ2n) is 5.63. The molecule has 2 atom stereocenters. The molecule has 0 saturated carbocycles. The largest absolute Gasteiger partial charge is 0.508 e. The predicted octanol–water partition coefficient (Wildman–Crippen LogP) is 2.10. The maximum absolute atomic E-state index is 9.67. The lowest BCUT2D eigenvalue weighted by Crippen LogP contribution is -2.26. The molecule has 0 aromatic heterocycles. The number of benzene rings is 2. The van der Waals surface area contributed by atoms with E-state index in [2.05, 4.69) is 0 Å². The molecule has 2 aromatic carbocycles. The summed E-state index contributed by atoms with van der Waals surface area (Å²) in [5, 5.41) is 38.4. The molecule has 2 aromatic rings. The first-order valence-corrected chi connectivity index (χ1v) is 7.40. The molecule has 2 unspecified atom stereocenters. The summed E-state index contributed by atoms with van der Waals surface area (Å²) in [6, 6.07) is 13.9. The van der Waals surface area contributed by atoms with Crippen LogP contribution in [-0.4, -0.2) is 33.6 Å². The van der Waals surface area contributed by atoms with Crippen LogP contribution >= 0.6 is 0 Å². The normalized spacial score (nSPS) is 13.7. The maximum atomic E-state index is 9.67. The molecule has 0 fully saturated rings. The highest BCUT2D eigenvalue weighted by Gasteiger charge is 2.21. The zero-order chi connectivity index (χ0) is 15.9.